The SMILES string of the molecule is O=C(NC1CCC2CCCCC2C1)C1(n2cccn2)CCNCC1. The van der Waals surface area contributed by atoms with Gasteiger partial charge in [0.2, 0.25) is 5.91 Å². The van der Waals surface area contributed by atoms with Gasteiger partial charge in [0.05, 0.1) is 0 Å². The molecular formula is C19H30N4O. The highest BCUT2D eigenvalue weighted by molar-refractivity contribution is 5.84. The monoisotopic (exact) mass is 330 g/mol. The van der Waals surface area contributed by atoms with Gasteiger partial charge in [-0.2, -0.15) is 5.10 Å². The molecule has 3 atom stereocenters. The van der Waals surface area contributed by atoms with E-state index < -0.39 is 5.54 Å². The zero-order valence-corrected chi connectivity index (χ0v) is 14.5. The number of hydrogen-bond acceptors (Lipinski definition) is 3. The Kier molecular flexibility index (Phi) is 4.61. The molecule has 0 spiro atoms. The first-order valence-electron chi connectivity index (χ1n) is 9.80. The van der Waals surface area contributed by atoms with E-state index in [-0.39, 0.29) is 5.91 Å². The first-order valence-corrected chi connectivity index (χ1v) is 9.80. The maximum atomic E-state index is 13.2. The largest absolute Gasteiger partial charge is 0.351 e. The lowest BCUT2D eigenvalue weighted by Crippen LogP contribution is -2.57. The summed E-state index contributed by atoms with van der Waals surface area (Å²) >= 11 is 0. The van der Waals surface area contributed by atoms with E-state index in [1.165, 1.54) is 38.5 Å². The summed E-state index contributed by atoms with van der Waals surface area (Å²) in [6, 6.07) is 2.28. The molecule has 1 amide bonds. The summed E-state index contributed by atoms with van der Waals surface area (Å²) in [6.45, 7) is 1.76. The zero-order valence-electron chi connectivity index (χ0n) is 14.5. The van der Waals surface area contributed by atoms with Crippen LogP contribution in [0.25, 0.3) is 0 Å². The number of amides is 1. The number of carbonyl (C=O) groups is 1. The fourth-order valence-electron chi connectivity index (χ4n) is 5.25. The average molecular weight is 330 g/mol. The van der Waals surface area contributed by atoms with Gasteiger partial charge in [0, 0.05) is 18.4 Å². The fourth-order valence-corrected chi connectivity index (χ4v) is 5.25. The van der Waals surface area contributed by atoms with Gasteiger partial charge in [-0.3, -0.25) is 9.48 Å². The number of fused-ring (bicyclic) bond motifs is 1. The highest BCUT2D eigenvalue weighted by Crippen LogP contribution is 2.40. The quantitative estimate of drug-likeness (QED) is 0.895. The van der Waals surface area contributed by atoms with E-state index in [4.69, 9.17) is 0 Å². The summed E-state index contributed by atoms with van der Waals surface area (Å²) in [6.07, 6.45) is 14.6. The van der Waals surface area contributed by atoms with Gasteiger partial charge in [-0.05, 0) is 63.1 Å². The van der Waals surface area contributed by atoms with Crippen LogP contribution in [-0.4, -0.2) is 34.8 Å². The van der Waals surface area contributed by atoms with Crippen molar-refractivity contribution in [1.82, 2.24) is 20.4 Å². The van der Waals surface area contributed by atoms with Crippen molar-refractivity contribution in [3.8, 4) is 0 Å². The Bertz CT molecular complexity index is 550. The predicted octanol–water partition coefficient (Wildman–Crippen LogP) is 2.44. The highest BCUT2D eigenvalue weighted by atomic mass is 16.2. The third-order valence-electron chi connectivity index (χ3n) is 6.67. The summed E-state index contributed by atoms with van der Waals surface area (Å²) in [5.41, 5.74) is -0.502. The van der Waals surface area contributed by atoms with E-state index in [0.717, 1.165) is 44.2 Å². The highest BCUT2D eigenvalue weighted by Gasteiger charge is 2.43. The van der Waals surface area contributed by atoms with Crippen molar-refractivity contribution in [2.45, 2.75) is 69.4 Å². The lowest BCUT2D eigenvalue weighted by atomic mass is 9.69. The van der Waals surface area contributed by atoms with Crippen LogP contribution < -0.4 is 10.6 Å². The zero-order chi connectivity index (χ0) is 16.4. The standard InChI is InChI=1S/C19H30N4O/c24-18(19(8-11-20-12-9-19)23-13-3-10-21-23)22-17-7-6-15-4-1-2-5-16(15)14-17/h3,10,13,15-17,20H,1-2,4-9,11-12,14H2,(H,22,24). The molecule has 0 radical (unpaired) electrons. The van der Waals surface area contributed by atoms with Gasteiger partial charge >= 0.3 is 0 Å². The number of carbonyl (C=O) groups excluding carboxylic acids is 1. The molecule has 24 heavy (non-hydrogen) atoms. The normalized spacial score (nSPS) is 32.8. The molecule has 4 rings (SSSR count). The van der Waals surface area contributed by atoms with Crippen molar-refractivity contribution in [2.24, 2.45) is 11.8 Å². The van der Waals surface area contributed by atoms with Crippen molar-refractivity contribution in [1.29, 1.82) is 0 Å². The van der Waals surface area contributed by atoms with Crippen molar-refractivity contribution in [3.63, 3.8) is 0 Å². The van der Waals surface area contributed by atoms with Crippen LogP contribution in [0.5, 0.6) is 0 Å². The lowest BCUT2D eigenvalue weighted by Gasteiger charge is -2.42. The molecule has 5 nitrogen and oxygen atoms in total. The summed E-state index contributed by atoms with van der Waals surface area (Å²) in [7, 11) is 0. The molecule has 1 saturated heterocycles. The van der Waals surface area contributed by atoms with Gasteiger partial charge in [0.25, 0.3) is 0 Å². The van der Waals surface area contributed by atoms with Crippen molar-refractivity contribution in [3.05, 3.63) is 18.5 Å². The van der Waals surface area contributed by atoms with E-state index in [0.29, 0.717) is 6.04 Å². The number of hydrogen-bond donors (Lipinski definition) is 2. The van der Waals surface area contributed by atoms with Crippen LogP contribution >= 0.6 is 0 Å². The van der Waals surface area contributed by atoms with E-state index in [9.17, 15) is 4.79 Å². The van der Waals surface area contributed by atoms with Gasteiger partial charge in [0.1, 0.15) is 5.54 Å². The Morgan fingerprint density at radius 2 is 1.92 bits per heavy atom. The number of piperidine rings is 1. The summed E-state index contributed by atoms with van der Waals surface area (Å²) in [5.74, 6) is 1.95. The summed E-state index contributed by atoms with van der Waals surface area (Å²) in [5, 5.41) is 11.2. The average Bonchev–Trinajstić information content (AvgIpc) is 3.17. The Hall–Kier alpha value is -1.36. The topological polar surface area (TPSA) is 59.0 Å². The Balaban J connectivity index is 1.45. The van der Waals surface area contributed by atoms with E-state index in [1.54, 1.807) is 6.20 Å². The third-order valence-corrected chi connectivity index (χ3v) is 6.67. The molecule has 0 bridgehead atoms. The molecule has 132 valence electrons. The van der Waals surface area contributed by atoms with Crippen LogP contribution in [0.15, 0.2) is 18.5 Å². The van der Waals surface area contributed by atoms with Gasteiger partial charge in [-0.1, -0.05) is 25.7 Å². The Morgan fingerprint density at radius 1 is 1.12 bits per heavy atom. The first-order chi connectivity index (χ1) is 11.8. The second-order valence-electron chi connectivity index (χ2n) is 8.02. The minimum atomic E-state index is -0.502. The number of aromatic nitrogens is 2. The molecule has 5 heteroatoms. The molecule has 2 aliphatic carbocycles. The maximum absolute atomic E-state index is 13.2. The van der Waals surface area contributed by atoms with Gasteiger partial charge in [-0.25, -0.2) is 0 Å². The molecule has 3 unspecified atom stereocenters. The minimum absolute atomic E-state index is 0.187. The fraction of sp³-hybridized carbons (Fsp3) is 0.789. The van der Waals surface area contributed by atoms with Crippen LogP contribution in [0, 0.1) is 11.8 Å². The Labute approximate surface area is 144 Å². The first kappa shape index (κ1) is 16.1. The van der Waals surface area contributed by atoms with Crippen LogP contribution in [0.2, 0.25) is 0 Å². The van der Waals surface area contributed by atoms with E-state index in [1.807, 2.05) is 16.9 Å². The summed E-state index contributed by atoms with van der Waals surface area (Å²) in [4.78, 5) is 13.2. The van der Waals surface area contributed by atoms with Crippen LogP contribution in [-0.2, 0) is 10.3 Å². The predicted molar refractivity (Wildman–Crippen MR) is 93.5 cm³/mol. The number of rotatable bonds is 3. The van der Waals surface area contributed by atoms with Crippen LogP contribution in [0.4, 0.5) is 0 Å². The molecule has 3 aliphatic rings. The number of nitrogens with zero attached hydrogens (tertiary/aromatic N) is 2. The third kappa shape index (κ3) is 2.99. The molecule has 2 saturated carbocycles. The molecule has 1 aliphatic heterocycles. The van der Waals surface area contributed by atoms with Crippen molar-refractivity contribution < 1.29 is 4.79 Å². The molecule has 1 aromatic heterocycles. The maximum Gasteiger partial charge on any atom is 0.248 e. The van der Waals surface area contributed by atoms with Crippen LogP contribution in [0.1, 0.15) is 57.8 Å². The van der Waals surface area contributed by atoms with Crippen LogP contribution in [0.3, 0.4) is 0 Å². The van der Waals surface area contributed by atoms with Gasteiger partial charge in [0.15, 0.2) is 0 Å². The molecule has 2 heterocycles. The number of nitrogens with one attached hydrogen (secondary N) is 2. The second-order valence-corrected chi connectivity index (χ2v) is 8.02. The van der Waals surface area contributed by atoms with E-state index in [2.05, 4.69) is 15.7 Å². The molecule has 2 N–H and O–H groups in total. The second kappa shape index (κ2) is 6.87. The van der Waals surface area contributed by atoms with Gasteiger partial charge < -0.3 is 10.6 Å². The van der Waals surface area contributed by atoms with E-state index >= 15 is 0 Å². The lowest BCUT2D eigenvalue weighted by molar-refractivity contribution is -0.133. The Morgan fingerprint density at radius 3 is 2.67 bits per heavy atom. The smallest absolute Gasteiger partial charge is 0.248 e. The van der Waals surface area contributed by atoms with Crippen molar-refractivity contribution >= 4 is 5.91 Å². The molecular weight excluding hydrogens is 300 g/mol. The minimum Gasteiger partial charge on any atom is -0.351 e. The molecule has 0 aromatic carbocycles. The van der Waals surface area contributed by atoms with Gasteiger partial charge in [-0.15, -0.1) is 0 Å². The summed E-state index contributed by atoms with van der Waals surface area (Å²) < 4.78 is 1.90. The van der Waals surface area contributed by atoms with Crippen molar-refractivity contribution in [2.75, 3.05) is 13.1 Å². The molecule has 1 aromatic rings. The molecule has 3 fully saturated rings.